The molecule has 3 aliphatic heterocycles. The van der Waals surface area contributed by atoms with Crippen LogP contribution in [0.4, 0.5) is 5.69 Å². The average Bonchev–Trinajstić information content (AvgIpc) is 3.53. The molecule has 2 amide bonds. The third-order valence-electron chi connectivity index (χ3n) is 8.50. The van der Waals surface area contributed by atoms with Crippen LogP contribution in [0, 0.1) is 17.8 Å². The van der Waals surface area contributed by atoms with E-state index in [0.29, 0.717) is 12.8 Å². The molecule has 206 valence electrons. The Morgan fingerprint density at radius 3 is 2.69 bits per heavy atom. The van der Waals surface area contributed by atoms with Crippen molar-refractivity contribution in [2.75, 3.05) is 31.2 Å². The predicted octanol–water partition coefficient (Wildman–Crippen LogP) is 4.20. The standard InChI is InChI=1S/C31H36N2O5S/c1-4-6-17-38-30(37)25-24-18-20(3)31(39-24)26(25)28(35)33(15-9-16-34)27(31)29(36)32(14-5-2)23-13-12-21-10-7-8-11-22(21)19-23/h4-5,7-8,10-13,19-20,24-27,34H,1-2,6,9,14-18H2,3H3/t20?,24-,25+,26-,27?,31?/m0/s1. The van der Waals surface area contributed by atoms with Crippen LogP contribution < -0.4 is 4.90 Å². The third kappa shape index (κ3) is 4.47. The summed E-state index contributed by atoms with van der Waals surface area (Å²) in [6, 6.07) is 13.1. The van der Waals surface area contributed by atoms with Gasteiger partial charge < -0.3 is 19.6 Å². The van der Waals surface area contributed by atoms with Crippen molar-refractivity contribution in [3.8, 4) is 0 Å². The van der Waals surface area contributed by atoms with Crippen molar-refractivity contribution in [3.63, 3.8) is 0 Å². The summed E-state index contributed by atoms with van der Waals surface area (Å²) in [6.45, 7) is 10.3. The molecule has 1 spiro atoms. The van der Waals surface area contributed by atoms with Gasteiger partial charge in [0.25, 0.3) is 5.91 Å². The maximum Gasteiger partial charge on any atom is 0.310 e. The number of anilines is 1. The predicted molar refractivity (Wildman–Crippen MR) is 154 cm³/mol. The van der Waals surface area contributed by atoms with Gasteiger partial charge in [-0.1, -0.05) is 49.4 Å². The molecule has 2 bridgehead atoms. The summed E-state index contributed by atoms with van der Waals surface area (Å²) in [6.07, 6.45) is 5.03. The van der Waals surface area contributed by atoms with Crippen molar-refractivity contribution in [1.29, 1.82) is 0 Å². The van der Waals surface area contributed by atoms with Gasteiger partial charge >= 0.3 is 5.97 Å². The van der Waals surface area contributed by atoms with Gasteiger partial charge in [0.05, 0.1) is 23.2 Å². The fraction of sp³-hybridized carbons (Fsp3) is 0.452. The number of esters is 1. The smallest absolute Gasteiger partial charge is 0.310 e. The number of rotatable bonds is 11. The molecule has 8 heteroatoms. The van der Waals surface area contributed by atoms with E-state index < -0.39 is 22.6 Å². The van der Waals surface area contributed by atoms with Crippen LogP contribution in [0.5, 0.6) is 0 Å². The van der Waals surface area contributed by atoms with E-state index in [1.54, 1.807) is 33.7 Å². The summed E-state index contributed by atoms with van der Waals surface area (Å²) < 4.78 is 4.83. The van der Waals surface area contributed by atoms with E-state index in [-0.39, 0.29) is 55.3 Å². The number of thioether (sulfide) groups is 1. The molecule has 1 N–H and O–H groups in total. The summed E-state index contributed by atoms with van der Waals surface area (Å²) in [5.41, 5.74) is 0.735. The molecule has 0 aliphatic carbocycles. The lowest BCUT2D eigenvalue weighted by molar-refractivity contribution is -0.154. The maximum atomic E-state index is 14.6. The molecule has 2 aromatic carbocycles. The van der Waals surface area contributed by atoms with Gasteiger partial charge in [-0.3, -0.25) is 14.4 Å². The monoisotopic (exact) mass is 548 g/mol. The zero-order chi connectivity index (χ0) is 27.7. The normalized spacial score (nSPS) is 28.9. The molecule has 3 saturated heterocycles. The third-order valence-corrected chi connectivity index (χ3v) is 10.6. The second-order valence-electron chi connectivity index (χ2n) is 10.7. The molecule has 2 aromatic rings. The average molecular weight is 549 g/mol. The van der Waals surface area contributed by atoms with Crippen LogP contribution in [0.2, 0.25) is 0 Å². The summed E-state index contributed by atoms with van der Waals surface area (Å²) in [5, 5.41) is 11.6. The van der Waals surface area contributed by atoms with Gasteiger partial charge in [0.15, 0.2) is 0 Å². The Kier molecular flexibility index (Phi) is 7.87. The van der Waals surface area contributed by atoms with Crippen molar-refractivity contribution < 1.29 is 24.2 Å². The van der Waals surface area contributed by atoms with Crippen molar-refractivity contribution in [2.45, 2.75) is 42.2 Å². The highest BCUT2D eigenvalue weighted by molar-refractivity contribution is 8.02. The first kappa shape index (κ1) is 27.5. The van der Waals surface area contributed by atoms with Gasteiger partial charge in [-0.2, -0.15) is 0 Å². The Bertz CT molecular complexity index is 1300. The number of likely N-dealkylation sites (tertiary alicyclic amines) is 1. The van der Waals surface area contributed by atoms with E-state index >= 15 is 0 Å². The number of ether oxygens (including phenoxy) is 1. The number of fused-ring (bicyclic) bond motifs is 2. The molecule has 5 rings (SSSR count). The first-order valence-electron chi connectivity index (χ1n) is 13.7. The van der Waals surface area contributed by atoms with Crippen LogP contribution >= 0.6 is 11.8 Å². The minimum Gasteiger partial charge on any atom is -0.465 e. The fourth-order valence-electron chi connectivity index (χ4n) is 6.83. The molecule has 3 unspecified atom stereocenters. The highest BCUT2D eigenvalue weighted by Gasteiger charge is 2.76. The molecule has 0 aromatic heterocycles. The molecule has 7 nitrogen and oxygen atoms in total. The number of carbonyl (C=O) groups excluding carboxylic acids is 3. The quantitative estimate of drug-likeness (QED) is 0.257. The number of amides is 2. The van der Waals surface area contributed by atoms with Gasteiger partial charge in [0.1, 0.15) is 6.04 Å². The van der Waals surface area contributed by atoms with E-state index in [2.05, 4.69) is 20.1 Å². The van der Waals surface area contributed by atoms with Crippen LogP contribution in [0.3, 0.4) is 0 Å². The highest BCUT2D eigenvalue weighted by Crippen LogP contribution is 2.68. The number of aliphatic hydroxyl groups is 1. The number of aliphatic hydroxyl groups excluding tert-OH is 1. The highest BCUT2D eigenvalue weighted by atomic mass is 32.2. The number of benzene rings is 2. The molecule has 0 radical (unpaired) electrons. The number of hydrogen-bond donors (Lipinski definition) is 1. The van der Waals surface area contributed by atoms with Crippen molar-refractivity contribution in [3.05, 3.63) is 67.8 Å². The summed E-state index contributed by atoms with van der Waals surface area (Å²) in [4.78, 5) is 45.4. The maximum absolute atomic E-state index is 14.6. The van der Waals surface area contributed by atoms with Crippen LogP contribution in [0.1, 0.15) is 26.2 Å². The van der Waals surface area contributed by atoms with Crippen LogP contribution in [0.15, 0.2) is 67.8 Å². The Labute approximate surface area is 233 Å². The Morgan fingerprint density at radius 1 is 1.21 bits per heavy atom. The zero-order valence-electron chi connectivity index (χ0n) is 22.3. The SMILES string of the molecule is C=CCCOC(=O)[C@@H]1[C@@H]2CC(C)C3(S2)C(C(=O)N(CC=C)c2ccc4ccccc4c2)N(CCCO)C(=O)[C@H]13. The van der Waals surface area contributed by atoms with Crippen LogP contribution in [-0.2, 0) is 19.1 Å². The van der Waals surface area contributed by atoms with E-state index in [9.17, 15) is 19.5 Å². The van der Waals surface area contributed by atoms with Crippen LogP contribution in [-0.4, -0.2) is 70.1 Å². The Hall–Kier alpha value is -3.10. The second-order valence-corrected chi connectivity index (χ2v) is 12.2. The fourth-order valence-corrected chi connectivity index (χ4v) is 9.24. The Morgan fingerprint density at radius 2 is 1.97 bits per heavy atom. The molecule has 6 atom stereocenters. The van der Waals surface area contributed by atoms with Crippen LogP contribution in [0.25, 0.3) is 10.8 Å². The first-order chi connectivity index (χ1) is 18.9. The Balaban J connectivity index is 1.55. The van der Waals surface area contributed by atoms with E-state index in [4.69, 9.17) is 4.74 Å². The minimum atomic E-state index is -0.760. The zero-order valence-corrected chi connectivity index (χ0v) is 23.1. The van der Waals surface area contributed by atoms with E-state index in [1.165, 1.54) is 0 Å². The lowest BCUT2D eigenvalue weighted by Gasteiger charge is -2.40. The molecule has 0 saturated carbocycles. The summed E-state index contributed by atoms with van der Waals surface area (Å²) in [7, 11) is 0. The van der Waals surface area contributed by atoms with Crippen molar-refractivity contribution in [2.24, 2.45) is 17.8 Å². The van der Waals surface area contributed by atoms with Crippen molar-refractivity contribution >= 4 is 46.0 Å². The molecule has 3 aliphatic rings. The van der Waals surface area contributed by atoms with E-state index in [0.717, 1.165) is 22.9 Å². The lowest BCUT2D eigenvalue weighted by Crippen LogP contribution is -2.57. The number of nitrogens with zero attached hydrogens (tertiary/aromatic N) is 2. The topological polar surface area (TPSA) is 87.2 Å². The summed E-state index contributed by atoms with van der Waals surface area (Å²) in [5.74, 6) is -1.91. The van der Waals surface area contributed by atoms with Gasteiger partial charge in [-0.25, -0.2) is 0 Å². The van der Waals surface area contributed by atoms with Gasteiger partial charge in [0, 0.05) is 30.6 Å². The van der Waals surface area contributed by atoms with E-state index in [1.807, 2.05) is 42.5 Å². The number of hydrogen-bond acceptors (Lipinski definition) is 6. The minimum absolute atomic E-state index is 0.0499. The lowest BCUT2D eigenvalue weighted by atomic mass is 9.66. The van der Waals surface area contributed by atoms with Gasteiger partial charge in [-0.15, -0.1) is 24.9 Å². The molecular weight excluding hydrogens is 512 g/mol. The second kappa shape index (κ2) is 11.2. The largest absolute Gasteiger partial charge is 0.465 e. The molecule has 3 heterocycles. The van der Waals surface area contributed by atoms with Gasteiger partial charge in [-0.05, 0) is 48.1 Å². The van der Waals surface area contributed by atoms with Crippen molar-refractivity contribution in [1.82, 2.24) is 4.90 Å². The number of carbonyl (C=O) groups is 3. The summed E-state index contributed by atoms with van der Waals surface area (Å²) >= 11 is 1.62. The first-order valence-corrected chi connectivity index (χ1v) is 14.5. The van der Waals surface area contributed by atoms with Gasteiger partial charge in [0.2, 0.25) is 5.91 Å². The molecular formula is C31H36N2O5S. The molecule has 3 fully saturated rings. The molecule has 39 heavy (non-hydrogen) atoms.